The van der Waals surface area contributed by atoms with Crippen LogP contribution >= 0.6 is 0 Å². The minimum absolute atomic E-state index is 0.128. The molecule has 0 radical (unpaired) electrons. The maximum absolute atomic E-state index is 12.8. The molecule has 0 aliphatic carbocycles. The Hall–Kier alpha value is -3.70. The molecule has 8 nitrogen and oxygen atoms in total. The summed E-state index contributed by atoms with van der Waals surface area (Å²) in [6.07, 6.45) is -3.56. The SMILES string of the molecule is COc1ccc(-c2ccnc(NC3COC4C(NC(=O)c5ccc(C(F)(F)F)cc5)COC34)n2)cc1. The Morgan fingerprint density at radius 2 is 1.64 bits per heavy atom. The zero-order valence-corrected chi connectivity index (χ0v) is 19.2. The summed E-state index contributed by atoms with van der Waals surface area (Å²) in [6, 6.07) is 12.7. The summed E-state index contributed by atoms with van der Waals surface area (Å²) in [5, 5.41) is 6.06. The average molecular weight is 500 g/mol. The van der Waals surface area contributed by atoms with Gasteiger partial charge in [-0.3, -0.25) is 4.79 Å². The predicted octanol–water partition coefficient (Wildman–Crippen LogP) is 3.55. The molecule has 2 aliphatic rings. The van der Waals surface area contributed by atoms with E-state index in [1.807, 2.05) is 24.3 Å². The minimum atomic E-state index is -4.46. The number of alkyl halides is 3. The van der Waals surface area contributed by atoms with Crippen molar-refractivity contribution in [1.29, 1.82) is 0 Å². The molecule has 4 unspecified atom stereocenters. The zero-order valence-electron chi connectivity index (χ0n) is 19.2. The Kier molecular flexibility index (Phi) is 6.50. The van der Waals surface area contributed by atoms with E-state index in [1.54, 1.807) is 19.4 Å². The molecule has 0 spiro atoms. The molecule has 2 fully saturated rings. The first-order chi connectivity index (χ1) is 17.3. The van der Waals surface area contributed by atoms with E-state index in [9.17, 15) is 18.0 Å². The summed E-state index contributed by atoms with van der Waals surface area (Å²) in [7, 11) is 1.61. The lowest BCUT2D eigenvalue weighted by Crippen LogP contribution is -2.44. The molecule has 3 heterocycles. The fourth-order valence-corrected chi connectivity index (χ4v) is 4.33. The number of nitrogens with zero attached hydrogens (tertiary/aromatic N) is 2. The standard InChI is InChI=1S/C25H23F3N4O4/c1-34-17-8-4-14(5-9-17)18-10-11-29-24(31-18)32-20-13-36-21-19(12-35-22(20)21)30-23(33)15-2-6-16(7-3-15)25(26,27)28/h2-11,19-22H,12-13H2,1H3,(H,30,33)(H,29,31,32). The smallest absolute Gasteiger partial charge is 0.416 e. The molecule has 188 valence electrons. The quantitative estimate of drug-likeness (QED) is 0.535. The van der Waals surface area contributed by atoms with Crippen molar-refractivity contribution < 1.29 is 32.2 Å². The Morgan fingerprint density at radius 3 is 2.31 bits per heavy atom. The highest BCUT2D eigenvalue weighted by atomic mass is 19.4. The molecule has 11 heteroatoms. The van der Waals surface area contributed by atoms with E-state index in [0.717, 1.165) is 41.3 Å². The second kappa shape index (κ2) is 9.75. The minimum Gasteiger partial charge on any atom is -0.497 e. The second-order valence-electron chi connectivity index (χ2n) is 8.50. The van der Waals surface area contributed by atoms with Crippen molar-refractivity contribution in [2.24, 2.45) is 0 Å². The summed E-state index contributed by atoms with van der Waals surface area (Å²) in [5.74, 6) is 0.672. The third-order valence-electron chi connectivity index (χ3n) is 6.20. The van der Waals surface area contributed by atoms with Crippen LogP contribution in [0.1, 0.15) is 15.9 Å². The number of benzene rings is 2. The van der Waals surface area contributed by atoms with Crippen LogP contribution in [0.2, 0.25) is 0 Å². The topological polar surface area (TPSA) is 94.6 Å². The Balaban J connectivity index is 1.21. The molecule has 2 saturated heterocycles. The van der Waals surface area contributed by atoms with Crippen molar-refractivity contribution in [1.82, 2.24) is 15.3 Å². The normalized spacial score (nSPS) is 23.2. The van der Waals surface area contributed by atoms with Crippen molar-refractivity contribution in [2.45, 2.75) is 30.5 Å². The number of fused-ring (bicyclic) bond motifs is 1. The number of carbonyl (C=O) groups is 1. The predicted molar refractivity (Wildman–Crippen MR) is 124 cm³/mol. The number of hydrogen-bond donors (Lipinski definition) is 2. The molecular weight excluding hydrogens is 477 g/mol. The van der Waals surface area contributed by atoms with Crippen LogP contribution in [0.5, 0.6) is 5.75 Å². The van der Waals surface area contributed by atoms with E-state index in [1.165, 1.54) is 0 Å². The zero-order chi connectivity index (χ0) is 25.3. The summed E-state index contributed by atoms with van der Waals surface area (Å²) in [6.45, 7) is 0.532. The van der Waals surface area contributed by atoms with E-state index in [-0.39, 0.29) is 24.3 Å². The molecule has 1 aromatic heterocycles. The first-order valence-corrected chi connectivity index (χ1v) is 11.3. The van der Waals surface area contributed by atoms with Gasteiger partial charge in [-0.1, -0.05) is 0 Å². The van der Waals surface area contributed by atoms with Gasteiger partial charge in [0.15, 0.2) is 0 Å². The maximum atomic E-state index is 12.8. The van der Waals surface area contributed by atoms with Crippen LogP contribution in [-0.4, -0.2) is 60.5 Å². The van der Waals surface area contributed by atoms with Gasteiger partial charge in [0.2, 0.25) is 5.95 Å². The van der Waals surface area contributed by atoms with E-state index in [2.05, 4.69) is 20.6 Å². The van der Waals surface area contributed by atoms with Gasteiger partial charge in [0.05, 0.1) is 43.7 Å². The lowest BCUT2D eigenvalue weighted by atomic mass is 10.1. The van der Waals surface area contributed by atoms with Gasteiger partial charge < -0.3 is 24.8 Å². The summed E-state index contributed by atoms with van der Waals surface area (Å²) in [5.41, 5.74) is 0.960. The summed E-state index contributed by atoms with van der Waals surface area (Å²) in [4.78, 5) is 21.5. The lowest BCUT2D eigenvalue weighted by Gasteiger charge is -2.18. The fraction of sp³-hybridized carbons (Fsp3) is 0.320. The van der Waals surface area contributed by atoms with Gasteiger partial charge in [0.25, 0.3) is 5.91 Å². The van der Waals surface area contributed by atoms with Crippen LogP contribution in [0.15, 0.2) is 60.8 Å². The number of carbonyl (C=O) groups excluding carboxylic acids is 1. The van der Waals surface area contributed by atoms with Crippen molar-refractivity contribution >= 4 is 11.9 Å². The number of amides is 1. The van der Waals surface area contributed by atoms with Crippen molar-refractivity contribution in [3.63, 3.8) is 0 Å². The molecule has 36 heavy (non-hydrogen) atoms. The number of hydrogen-bond acceptors (Lipinski definition) is 7. The first kappa shape index (κ1) is 24.0. The molecule has 3 aromatic rings. The molecule has 2 aromatic carbocycles. The monoisotopic (exact) mass is 500 g/mol. The Morgan fingerprint density at radius 1 is 0.972 bits per heavy atom. The Labute approximate surface area is 204 Å². The van der Waals surface area contributed by atoms with Gasteiger partial charge in [-0.15, -0.1) is 0 Å². The van der Waals surface area contributed by atoms with Crippen LogP contribution < -0.4 is 15.4 Å². The number of rotatable bonds is 6. The van der Waals surface area contributed by atoms with Gasteiger partial charge >= 0.3 is 6.18 Å². The number of nitrogens with one attached hydrogen (secondary N) is 2. The van der Waals surface area contributed by atoms with Crippen molar-refractivity contribution in [2.75, 3.05) is 25.6 Å². The van der Waals surface area contributed by atoms with Gasteiger partial charge in [0.1, 0.15) is 18.0 Å². The highest BCUT2D eigenvalue weighted by Crippen LogP contribution is 2.31. The van der Waals surface area contributed by atoms with Crippen LogP contribution in [0.4, 0.5) is 19.1 Å². The lowest BCUT2D eigenvalue weighted by molar-refractivity contribution is -0.137. The maximum Gasteiger partial charge on any atom is 0.416 e. The summed E-state index contributed by atoms with van der Waals surface area (Å²) >= 11 is 0. The molecule has 5 rings (SSSR count). The Bertz CT molecular complexity index is 1220. The molecule has 1 amide bonds. The highest BCUT2D eigenvalue weighted by Gasteiger charge is 2.48. The molecular formula is C25H23F3N4O4. The van der Waals surface area contributed by atoms with E-state index >= 15 is 0 Å². The van der Waals surface area contributed by atoms with Crippen molar-refractivity contribution in [3.05, 3.63) is 71.9 Å². The van der Waals surface area contributed by atoms with Crippen molar-refractivity contribution in [3.8, 4) is 17.0 Å². The number of halogens is 3. The van der Waals surface area contributed by atoms with Crippen LogP contribution in [0.3, 0.4) is 0 Å². The van der Waals surface area contributed by atoms with Gasteiger partial charge in [-0.25, -0.2) is 9.97 Å². The third kappa shape index (κ3) is 4.98. The van der Waals surface area contributed by atoms with E-state index in [4.69, 9.17) is 14.2 Å². The molecule has 0 bridgehead atoms. The first-order valence-electron chi connectivity index (χ1n) is 11.3. The number of methoxy groups -OCH3 is 1. The second-order valence-corrected chi connectivity index (χ2v) is 8.50. The highest BCUT2D eigenvalue weighted by molar-refractivity contribution is 5.94. The average Bonchev–Trinajstić information content (AvgIpc) is 3.47. The molecule has 2 aliphatic heterocycles. The van der Waals surface area contributed by atoms with Crippen LogP contribution in [0.25, 0.3) is 11.3 Å². The fourth-order valence-electron chi connectivity index (χ4n) is 4.33. The van der Waals surface area contributed by atoms with Crippen LogP contribution in [0, 0.1) is 0 Å². The molecule has 0 saturated carbocycles. The van der Waals surface area contributed by atoms with Gasteiger partial charge in [0, 0.05) is 17.3 Å². The van der Waals surface area contributed by atoms with Crippen LogP contribution in [-0.2, 0) is 15.7 Å². The number of anilines is 1. The number of ether oxygens (including phenoxy) is 3. The van der Waals surface area contributed by atoms with Gasteiger partial charge in [-0.05, 0) is 54.6 Å². The summed E-state index contributed by atoms with van der Waals surface area (Å²) < 4.78 is 55.3. The van der Waals surface area contributed by atoms with E-state index < -0.39 is 29.8 Å². The molecule has 2 N–H and O–H groups in total. The third-order valence-corrected chi connectivity index (χ3v) is 6.20. The number of aromatic nitrogens is 2. The molecule has 4 atom stereocenters. The van der Waals surface area contributed by atoms with E-state index in [0.29, 0.717) is 12.6 Å². The largest absolute Gasteiger partial charge is 0.497 e. The van der Waals surface area contributed by atoms with Gasteiger partial charge in [-0.2, -0.15) is 13.2 Å².